The molecule has 0 saturated carbocycles. The molecule has 0 bridgehead atoms. The number of aliphatic carboxylic acids is 1. The first-order valence-corrected chi connectivity index (χ1v) is 8.87. The number of hydrogen-bond acceptors (Lipinski definition) is 1. The molecule has 0 radical (unpaired) electrons. The van der Waals surface area contributed by atoms with Crippen LogP contribution in [0.5, 0.6) is 0 Å². The molecule has 0 aliphatic carbocycles. The molecule has 2 nitrogen and oxygen atoms in total. The van der Waals surface area contributed by atoms with Crippen LogP contribution in [0.2, 0.25) is 0 Å². The third-order valence-corrected chi connectivity index (χ3v) is 4.94. The minimum atomic E-state index is -0.744. The average molecular weight is 340 g/mol. The van der Waals surface area contributed by atoms with Gasteiger partial charge in [0.15, 0.2) is 0 Å². The SMILES string of the molecule is O=C(O)C(Cc1ccc2ccccc2c1)Cc1ccc2ccccc2c1. The molecular formula is C24H20O2. The van der Waals surface area contributed by atoms with E-state index < -0.39 is 11.9 Å². The lowest BCUT2D eigenvalue weighted by molar-refractivity contribution is -0.141. The van der Waals surface area contributed by atoms with Gasteiger partial charge in [-0.15, -0.1) is 0 Å². The van der Waals surface area contributed by atoms with Crippen LogP contribution in [0.25, 0.3) is 21.5 Å². The van der Waals surface area contributed by atoms with Crippen LogP contribution in [-0.2, 0) is 17.6 Å². The van der Waals surface area contributed by atoms with Crippen LogP contribution < -0.4 is 0 Å². The Kier molecular flexibility index (Phi) is 4.40. The summed E-state index contributed by atoms with van der Waals surface area (Å²) in [6.45, 7) is 0. The van der Waals surface area contributed by atoms with E-state index in [2.05, 4.69) is 48.5 Å². The van der Waals surface area contributed by atoms with E-state index >= 15 is 0 Å². The molecule has 0 fully saturated rings. The Morgan fingerprint density at radius 1 is 0.654 bits per heavy atom. The highest BCUT2D eigenvalue weighted by molar-refractivity contribution is 5.84. The number of benzene rings is 4. The quantitative estimate of drug-likeness (QED) is 0.522. The van der Waals surface area contributed by atoms with Crippen molar-refractivity contribution in [2.45, 2.75) is 12.8 Å². The first-order valence-electron chi connectivity index (χ1n) is 8.87. The molecule has 0 aromatic heterocycles. The van der Waals surface area contributed by atoms with Gasteiger partial charge in [-0.1, -0.05) is 84.9 Å². The van der Waals surface area contributed by atoms with E-state index in [1.165, 1.54) is 10.8 Å². The van der Waals surface area contributed by atoms with Gasteiger partial charge in [-0.3, -0.25) is 4.79 Å². The van der Waals surface area contributed by atoms with Crippen molar-refractivity contribution in [3.63, 3.8) is 0 Å². The standard InChI is InChI=1S/C24H20O2/c25-24(26)23(15-17-9-11-19-5-1-3-7-21(19)13-17)16-18-10-12-20-6-2-4-8-22(20)14-18/h1-14,23H,15-16H2,(H,25,26). The average Bonchev–Trinajstić information content (AvgIpc) is 2.67. The summed E-state index contributed by atoms with van der Waals surface area (Å²) in [7, 11) is 0. The van der Waals surface area contributed by atoms with E-state index in [-0.39, 0.29) is 0 Å². The first kappa shape index (κ1) is 16.3. The molecule has 0 saturated heterocycles. The molecule has 0 aliphatic rings. The molecule has 0 aliphatic heterocycles. The summed E-state index contributed by atoms with van der Waals surface area (Å²) in [5.74, 6) is -1.18. The third-order valence-electron chi connectivity index (χ3n) is 4.94. The molecule has 128 valence electrons. The summed E-state index contributed by atoms with van der Waals surface area (Å²) >= 11 is 0. The predicted octanol–water partition coefficient (Wildman–Crippen LogP) is 5.48. The molecule has 0 heterocycles. The highest BCUT2D eigenvalue weighted by Crippen LogP contribution is 2.22. The maximum absolute atomic E-state index is 11.8. The number of carbonyl (C=O) groups is 1. The van der Waals surface area contributed by atoms with Crippen molar-refractivity contribution in [1.29, 1.82) is 0 Å². The summed E-state index contributed by atoms with van der Waals surface area (Å²) < 4.78 is 0. The Balaban J connectivity index is 1.59. The Bertz CT molecular complexity index is 1000. The van der Waals surface area contributed by atoms with Gasteiger partial charge in [0, 0.05) is 0 Å². The van der Waals surface area contributed by atoms with Gasteiger partial charge in [0.25, 0.3) is 0 Å². The fraction of sp³-hybridized carbons (Fsp3) is 0.125. The van der Waals surface area contributed by atoms with E-state index in [4.69, 9.17) is 0 Å². The van der Waals surface area contributed by atoms with E-state index in [0.29, 0.717) is 12.8 Å². The van der Waals surface area contributed by atoms with Crippen LogP contribution in [0.1, 0.15) is 11.1 Å². The fourth-order valence-electron chi connectivity index (χ4n) is 3.55. The van der Waals surface area contributed by atoms with Crippen molar-refractivity contribution in [3.8, 4) is 0 Å². The van der Waals surface area contributed by atoms with Gasteiger partial charge >= 0.3 is 5.97 Å². The fourth-order valence-corrected chi connectivity index (χ4v) is 3.55. The summed E-state index contributed by atoms with van der Waals surface area (Å²) in [6, 6.07) is 28.8. The zero-order valence-electron chi connectivity index (χ0n) is 14.4. The Morgan fingerprint density at radius 2 is 1.08 bits per heavy atom. The highest BCUT2D eigenvalue weighted by atomic mass is 16.4. The monoisotopic (exact) mass is 340 g/mol. The molecule has 26 heavy (non-hydrogen) atoms. The number of hydrogen-bond donors (Lipinski definition) is 1. The molecule has 0 amide bonds. The van der Waals surface area contributed by atoms with E-state index in [1.807, 2.05) is 36.4 Å². The Morgan fingerprint density at radius 3 is 1.50 bits per heavy atom. The summed E-state index contributed by atoms with van der Waals surface area (Å²) in [4.78, 5) is 11.8. The number of carboxylic acids is 1. The predicted molar refractivity (Wildman–Crippen MR) is 106 cm³/mol. The van der Waals surface area contributed by atoms with Gasteiger partial charge in [0.05, 0.1) is 5.92 Å². The van der Waals surface area contributed by atoms with Crippen LogP contribution >= 0.6 is 0 Å². The highest BCUT2D eigenvalue weighted by Gasteiger charge is 2.19. The van der Waals surface area contributed by atoms with Crippen LogP contribution in [0.15, 0.2) is 84.9 Å². The molecule has 4 aromatic rings. The summed E-state index contributed by atoms with van der Waals surface area (Å²) in [5.41, 5.74) is 2.13. The van der Waals surface area contributed by atoms with E-state index in [9.17, 15) is 9.90 Å². The second-order valence-corrected chi connectivity index (χ2v) is 6.81. The number of carboxylic acid groups (broad SMARTS) is 1. The molecule has 4 rings (SSSR count). The van der Waals surface area contributed by atoms with Crippen LogP contribution in [0.3, 0.4) is 0 Å². The van der Waals surface area contributed by atoms with Gasteiger partial charge < -0.3 is 5.11 Å². The number of fused-ring (bicyclic) bond motifs is 2. The van der Waals surface area contributed by atoms with Crippen molar-refractivity contribution in [2.24, 2.45) is 5.92 Å². The molecule has 2 heteroatoms. The van der Waals surface area contributed by atoms with Crippen molar-refractivity contribution in [1.82, 2.24) is 0 Å². The normalized spacial score (nSPS) is 11.3. The molecule has 0 unspecified atom stereocenters. The molecule has 1 N–H and O–H groups in total. The van der Waals surface area contributed by atoms with Gasteiger partial charge in [0.2, 0.25) is 0 Å². The topological polar surface area (TPSA) is 37.3 Å². The van der Waals surface area contributed by atoms with Crippen molar-refractivity contribution < 1.29 is 9.90 Å². The van der Waals surface area contributed by atoms with Gasteiger partial charge in [0.1, 0.15) is 0 Å². The summed E-state index contributed by atoms with van der Waals surface area (Å²) in [5, 5.41) is 14.4. The zero-order chi connectivity index (χ0) is 17.9. The molecule has 0 spiro atoms. The smallest absolute Gasteiger partial charge is 0.307 e. The lowest BCUT2D eigenvalue weighted by atomic mass is 9.91. The van der Waals surface area contributed by atoms with Crippen molar-refractivity contribution >= 4 is 27.5 Å². The molecule has 0 atom stereocenters. The van der Waals surface area contributed by atoms with E-state index in [0.717, 1.165) is 21.9 Å². The molecule has 4 aromatic carbocycles. The molecular weight excluding hydrogens is 320 g/mol. The van der Waals surface area contributed by atoms with Crippen LogP contribution in [-0.4, -0.2) is 11.1 Å². The van der Waals surface area contributed by atoms with Crippen LogP contribution in [0.4, 0.5) is 0 Å². The third kappa shape index (κ3) is 3.45. The van der Waals surface area contributed by atoms with Crippen molar-refractivity contribution in [3.05, 3.63) is 96.1 Å². The van der Waals surface area contributed by atoms with Gasteiger partial charge in [-0.25, -0.2) is 0 Å². The summed E-state index contributed by atoms with van der Waals surface area (Å²) in [6.07, 6.45) is 1.07. The van der Waals surface area contributed by atoms with Gasteiger partial charge in [-0.05, 0) is 45.5 Å². The lowest BCUT2D eigenvalue weighted by Gasteiger charge is -2.14. The second kappa shape index (κ2) is 7.01. The maximum Gasteiger partial charge on any atom is 0.307 e. The second-order valence-electron chi connectivity index (χ2n) is 6.81. The lowest BCUT2D eigenvalue weighted by Crippen LogP contribution is -2.19. The maximum atomic E-state index is 11.8. The van der Waals surface area contributed by atoms with Crippen LogP contribution in [0, 0.1) is 5.92 Å². The van der Waals surface area contributed by atoms with Crippen molar-refractivity contribution in [2.75, 3.05) is 0 Å². The Labute approximate surface area is 152 Å². The zero-order valence-corrected chi connectivity index (χ0v) is 14.4. The minimum Gasteiger partial charge on any atom is -0.481 e. The minimum absolute atomic E-state index is 0.433. The number of rotatable bonds is 5. The van der Waals surface area contributed by atoms with E-state index in [1.54, 1.807) is 0 Å². The van der Waals surface area contributed by atoms with Gasteiger partial charge in [-0.2, -0.15) is 0 Å². The Hall–Kier alpha value is -3.13. The first-order chi connectivity index (χ1) is 12.7. The largest absolute Gasteiger partial charge is 0.481 e.